The van der Waals surface area contributed by atoms with Crippen LogP contribution in [0.3, 0.4) is 0 Å². The second-order valence-corrected chi connectivity index (χ2v) is 3.90. The molecule has 0 saturated carbocycles. The van der Waals surface area contributed by atoms with Crippen molar-refractivity contribution < 1.29 is 14.6 Å². The fourth-order valence-electron chi connectivity index (χ4n) is 1.72. The smallest absolute Gasteiger partial charge is 0.409 e. The maximum absolute atomic E-state index is 11.2. The number of rotatable bonds is 5. The Balaban J connectivity index is 2.58. The van der Waals surface area contributed by atoms with Crippen LogP contribution in [0.1, 0.15) is 26.7 Å². The maximum atomic E-state index is 11.2. The van der Waals surface area contributed by atoms with Gasteiger partial charge in [0.15, 0.2) is 0 Å². The number of aliphatic hydroxyl groups is 1. The van der Waals surface area contributed by atoms with E-state index in [2.05, 4.69) is 0 Å². The van der Waals surface area contributed by atoms with E-state index < -0.39 is 0 Å². The monoisotopic (exact) mass is 201 g/mol. The highest BCUT2D eigenvalue weighted by atomic mass is 16.6. The van der Waals surface area contributed by atoms with E-state index in [0.717, 1.165) is 12.8 Å². The van der Waals surface area contributed by atoms with Crippen LogP contribution in [0.4, 0.5) is 4.79 Å². The molecule has 4 heteroatoms. The Morgan fingerprint density at radius 1 is 1.50 bits per heavy atom. The molecule has 82 valence electrons. The normalized spacial score (nSPS) is 17.4. The quantitative estimate of drug-likeness (QED) is 0.728. The highest BCUT2D eigenvalue weighted by molar-refractivity contribution is 5.69. The van der Waals surface area contributed by atoms with E-state index in [1.165, 1.54) is 0 Å². The molecule has 1 heterocycles. The summed E-state index contributed by atoms with van der Waals surface area (Å²) in [6.45, 7) is 5.95. The number of ether oxygens (including phenoxy) is 1. The van der Waals surface area contributed by atoms with Gasteiger partial charge in [-0.2, -0.15) is 0 Å². The van der Waals surface area contributed by atoms with Gasteiger partial charge in [0, 0.05) is 12.0 Å². The molecule has 1 N–H and O–H groups in total. The third-order valence-corrected chi connectivity index (χ3v) is 3.21. The SMILES string of the molecule is CCC(CC)(CO)CN1CCOC1=O. The molecule has 0 unspecified atom stereocenters. The Kier molecular flexibility index (Phi) is 3.75. The lowest BCUT2D eigenvalue weighted by atomic mass is 9.83. The minimum atomic E-state index is -0.246. The lowest BCUT2D eigenvalue weighted by Crippen LogP contribution is -2.40. The zero-order valence-electron chi connectivity index (χ0n) is 8.95. The topological polar surface area (TPSA) is 49.8 Å². The molecule has 0 radical (unpaired) electrons. The highest BCUT2D eigenvalue weighted by Gasteiger charge is 2.32. The molecule has 14 heavy (non-hydrogen) atoms. The Morgan fingerprint density at radius 3 is 2.50 bits per heavy atom. The molecule has 1 saturated heterocycles. The molecule has 0 atom stereocenters. The van der Waals surface area contributed by atoms with Gasteiger partial charge in [-0.3, -0.25) is 0 Å². The summed E-state index contributed by atoms with van der Waals surface area (Å²) in [6, 6.07) is 0. The van der Waals surface area contributed by atoms with Crippen molar-refractivity contribution in [1.29, 1.82) is 0 Å². The van der Waals surface area contributed by atoms with Gasteiger partial charge in [-0.25, -0.2) is 4.79 Å². The Morgan fingerprint density at radius 2 is 2.14 bits per heavy atom. The summed E-state index contributed by atoms with van der Waals surface area (Å²) >= 11 is 0. The van der Waals surface area contributed by atoms with Crippen LogP contribution in [0.25, 0.3) is 0 Å². The van der Waals surface area contributed by atoms with Gasteiger partial charge in [0.05, 0.1) is 13.2 Å². The van der Waals surface area contributed by atoms with Crippen molar-refractivity contribution in [3.05, 3.63) is 0 Å². The van der Waals surface area contributed by atoms with Crippen molar-refractivity contribution >= 4 is 6.09 Å². The van der Waals surface area contributed by atoms with Gasteiger partial charge in [-0.05, 0) is 12.8 Å². The zero-order valence-corrected chi connectivity index (χ0v) is 8.95. The van der Waals surface area contributed by atoms with E-state index in [0.29, 0.717) is 19.7 Å². The first-order valence-corrected chi connectivity index (χ1v) is 5.20. The van der Waals surface area contributed by atoms with Crippen molar-refractivity contribution in [2.75, 3.05) is 26.3 Å². The Hall–Kier alpha value is -0.770. The Labute approximate surface area is 84.8 Å². The van der Waals surface area contributed by atoms with Gasteiger partial charge in [-0.15, -0.1) is 0 Å². The lowest BCUT2D eigenvalue weighted by molar-refractivity contribution is 0.0786. The van der Waals surface area contributed by atoms with Crippen LogP contribution in [0.15, 0.2) is 0 Å². The van der Waals surface area contributed by atoms with E-state index in [9.17, 15) is 9.90 Å². The van der Waals surface area contributed by atoms with Gasteiger partial charge in [-0.1, -0.05) is 13.8 Å². The van der Waals surface area contributed by atoms with Crippen LogP contribution in [0.2, 0.25) is 0 Å². The van der Waals surface area contributed by atoms with Gasteiger partial charge < -0.3 is 14.7 Å². The summed E-state index contributed by atoms with van der Waals surface area (Å²) < 4.78 is 4.85. The number of hydrogen-bond donors (Lipinski definition) is 1. The summed E-state index contributed by atoms with van der Waals surface area (Å²) in [5, 5.41) is 9.34. The predicted octanol–water partition coefficient (Wildman–Crippen LogP) is 1.24. The van der Waals surface area contributed by atoms with Crippen molar-refractivity contribution in [2.45, 2.75) is 26.7 Å². The van der Waals surface area contributed by atoms with Crippen LogP contribution in [-0.2, 0) is 4.74 Å². The van der Waals surface area contributed by atoms with Crippen LogP contribution in [-0.4, -0.2) is 42.4 Å². The number of carbonyl (C=O) groups excluding carboxylic acids is 1. The van der Waals surface area contributed by atoms with E-state index in [-0.39, 0.29) is 18.1 Å². The standard InChI is InChI=1S/C10H19NO3/c1-3-10(4-2,8-12)7-11-5-6-14-9(11)13/h12H,3-8H2,1-2H3. The lowest BCUT2D eigenvalue weighted by Gasteiger charge is -2.32. The highest BCUT2D eigenvalue weighted by Crippen LogP contribution is 2.27. The molecule has 0 bridgehead atoms. The minimum absolute atomic E-state index is 0.129. The summed E-state index contributed by atoms with van der Waals surface area (Å²) in [5.41, 5.74) is -0.149. The van der Waals surface area contributed by atoms with Gasteiger partial charge in [0.2, 0.25) is 0 Å². The van der Waals surface area contributed by atoms with Crippen LogP contribution >= 0.6 is 0 Å². The molecule has 0 spiro atoms. The van der Waals surface area contributed by atoms with E-state index >= 15 is 0 Å². The molecule has 1 fully saturated rings. The maximum Gasteiger partial charge on any atom is 0.409 e. The number of cyclic esters (lactones) is 1. The third kappa shape index (κ3) is 2.18. The summed E-state index contributed by atoms with van der Waals surface area (Å²) in [5.74, 6) is 0. The molecular weight excluding hydrogens is 182 g/mol. The average Bonchev–Trinajstić information content (AvgIpc) is 2.61. The molecule has 1 aliphatic rings. The van der Waals surface area contributed by atoms with E-state index in [1.807, 2.05) is 13.8 Å². The molecule has 0 aromatic rings. The van der Waals surface area contributed by atoms with E-state index in [1.54, 1.807) is 4.90 Å². The first kappa shape index (κ1) is 11.3. The van der Waals surface area contributed by atoms with Gasteiger partial charge in [0.25, 0.3) is 0 Å². The fourth-order valence-corrected chi connectivity index (χ4v) is 1.72. The zero-order chi connectivity index (χ0) is 10.6. The van der Waals surface area contributed by atoms with E-state index in [4.69, 9.17) is 4.74 Å². The largest absolute Gasteiger partial charge is 0.448 e. The molecular formula is C10H19NO3. The third-order valence-electron chi connectivity index (χ3n) is 3.21. The number of aliphatic hydroxyl groups excluding tert-OH is 1. The van der Waals surface area contributed by atoms with Crippen LogP contribution in [0, 0.1) is 5.41 Å². The fraction of sp³-hybridized carbons (Fsp3) is 0.900. The van der Waals surface area contributed by atoms with Crippen molar-refractivity contribution in [1.82, 2.24) is 4.90 Å². The average molecular weight is 201 g/mol. The summed E-state index contributed by atoms with van der Waals surface area (Å²) in [6.07, 6.45) is 1.51. The molecule has 0 aromatic heterocycles. The second-order valence-electron chi connectivity index (χ2n) is 3.90. The summed E-state index contributed by atoms with van der Waals surface area (Å²) in [4.78, 5) is 12.9. The van der Waals surface area contributed by atoms with Gasteiger partial charge >= 0.3 is 6.09 Å². The summed E-state index contributed by atoms with van der Waals surface area (Å²) in [7, 11) is 0. The molecule has 4 nitrogen and oxygen atoms in total. The number of carbonyl (C=O) groups is 1. The molecule has 1 aliphatic heterocycles. The van der Waals surface area contributed by atoms with Crippen LogP contribution < -0.4 is 0 Å². The minimum Gasteiger partial charge on any atom is -0.448 e. The Bertz CT molecular complexity index is 193. The number of hydrogen-bond acceptors (Lipinski definition) is 3. The number of nitrogens with zero attached hydrogens (tertiary/aromatic N) is 1. The van der Waals surface area contributed by atoms with Crippen molar-refractivity contribution in [3.8, 4) is 0 Å². The molecule has 1 rings (SSSR count). The van der Waals surface area contributed by atoms with Crippen molar-refractivity contribution in [3.63, 3.8) is 0 Å². The van der Waals surface area contributed by atoms with Gasteiger partial charge in [0.1, 0.15) is 6.61 Å². The van der Waals surface area contributed by atoms with Crippen molar-refractivity contribution in [2.24, 2.45) is 5.41 Å². The molecule has 0 aromatic carbocycles. The first-order valence-electron chi connectivity index (χ1n) is 5.20. The number of amides is 1. The second kappa shape index (κ2) is 4.64. The molecule has 1 amide bonds. The molecule has 0 aliphatic carbocycles. The van der Waals surface area contributed by atoms with Crippen LogP contribution in [0.5, 0.6) is 0 Å². The first-order chi connectivity index (χ1) is 6.67. The predicted molar refractivity (Wildman–Crippen MR) is 53.0 cm³/mol.